The van der Waals surface area contributed by atoms with Crippen LogP contribution in [0.5, 0.6) is 0 Å². The standard InChI is InChI=1S/C7H12N2.C6H12N2.C2H4O2/c1-3-4-9-6-5-8(2)7-9;1-3-8-5-4-7(2)6-8;1-2(3)4/h3,5-6H,1,4,7H2,2H3;4-5H,3,6H2,1-2H3;1H3,(H,3,4). The Morgan fingerprint density at radius 2 is 1.57 bits per heavy atom. The van der Waals surface area contributed by atoms with Gasteiger partial charge in [-0.25, -0.2) is 0 Å². The zero-order valence-electron chi connectivity index (χ0n) is 13.6. The molecule has 0 aromatic rings. The summed E-state index contributed by atoms with van der Waals surface area (Å²) >= 11 is 0. The summed E-state index contributed by atoms with van der Waals surface area (Å²) in [6, 6.07) is 0. The van der Waals surface area contributed by atoms with Crippen LogP contribution >= 0.6 is 0 Å². The van der Waals surface area contributed by atoms with Crippen molar-refractivity contribution >= 4 is 5.97 Å². The molecule has 0 amide bonds. The van der Waals surface area contributed by atoms with Crippen LogP contribution in [0.25, 0.3) is 0 Å². The van der Waals surface area contributed by atoms with Crippen molar-refractivity contribution in [3.05, 3.63) is 37.5 Å². The van der Waals surface area contributed by atoms with E-state index < -0.39 is 5.97 Å². The Hall–Kier alpha value is -2.11. The van der Waals surface area contributed by atoms with Crippen molar-refractivity contribution in [3.63, 3.8) is 0 Å². The smallest absolute Gasteiger partial charge is 0.300 e. The first-order valence-electron chi connectivity index (χ1n) is 6.94. The molecule has 120 valence electrons. The van der Waals surface area contributed by atoms with Crippen LogP contribution in [0.1, 0.15) is 13.8 Å². The van der Waals surface area contributed by atoms with Crippen molar-refractivity contribution < 1.29 is 9.90 Å². The number of hydrogen-bond donors (Lipinski definition) is 1. The van der Waals surface area contributed by atoms with Crippen molar-refractivity contribution in [3.8, 4) is 0 Å². The molecule has 0 saturated heterocycles. The molecule has 0 atom stereocenters. The minimum Gasteiger partial charge on any atom is -0.481 e. The van der Waals surface area contributed by atoms with E-state index in [1.165, 1.54) is 0 Å². The molecule has 0 fully saturated rings. The largest absolute Gasteiger partial charge is 0.481 e. The molecule has 0 unspecified atom stereocenters. The van der Waals surface area contributed by atoms with Gasteiger partial charge in [0.2, 0.25) is 0 Å². The molecular formula is C15H28N4O2. The van der Waals surface area contributed by atoms with Gasteiger partial charge in [-0.1, -0.05) is 6.08 Å². The fraction of sp³-hybridized carbons (Fsp3) is 0.533. The Morgan fingerprint density at radius 3 is 1.81 bits per heavy atom. The van der Waals surface area contributed by atoms with Crippen LogP contribution < -0.4 is 0 Å². The SMILES string of the molecule is C=CCN1C=CN(C)C1.CC(=O)O.CCN1C=CN(C)C1. The van der Waals surface area contributed by atoms with Crippen molar-refractivity contribution in [2.24, 2.45) is 0 Å². The van der Waals surface area contributed by atoms with E-state index in [2.05, 4.69) is 72.0 Å². The summed E-state index contributed by atoms with van der Waals surface area (Å²) in [4.78, 5) is 17.7. The van der Waals surface area contributed by atoms with Crippen LogP contribution in [0.15, 0.2) is 37.5 Å². The number of carbonyl (C=O) groups is 1. The predicted octanol–water partition coefficient (Wildman–Crippen LogP) is 1.62. The number of nitrogens with zero attached hydrogens (tertiary/aromatic N) is 4. The van der Waals surface area contributed by atoms with E-state index in [9.17, 15) is 0 Å². The Kier molecular flexibility index (Phi) is 9.58. The maximum Gasteiger partial charge on any atom is 0.300 e. The summed E-state index contributed by atoms with van der Waals surface area (Å²) in [5.74, 6) is -0.833. The second kappa shape index (κ2) is 10.7. The normalized spacial score (nSPS) is 15.4. The number of hydrogen-bond acceptors (Lipinski definition) is 5. The van der Waals surface area contributed by atoms with Crippen molar-refractivity contribution in [1.82, 2.24) is 19.6 Å². The molecule has 21 heavy (non-hydrogen) atoms. The molecule has 6 nitrogen and oxygen atoms in total. The molecule has 2 heterocycles. The van der Waals surface area contributed by atoms with Crippen molar-refractivity contribution in [1.29, 1.82) is 0 Å². The van der Waals surface area contributed by atoms with Gasteiger partial charge in [-0.2, -0.15) is 0 Å². The first kappa shape index (κ1) is 18.9. The topological polar surface area (TPSA) is 50.3 Å². The third-order valence-corrected chi connectivity index (χ3v) is 2.64. The molecule has 0 radical (unpaired) electrons. The number of aliphatic carboxylic acids is 1. The van der Waals surface area contributed by atoms with E-state index >= 15 is 0 Å². The van der Waals surface area contributed by atoms with Crippen molar-refractivity contribution in [2.75, 3.05) is 40.5 Å². The minimum atomic E-state index is -0.833. The quantitative estimate of drug-likeness (QED) is 0.799. The second-order valence-electron chi connectivity index (χ2n) is 4.88. The summed E-state index contributed by atoms with van der Waals surface area (Å²) in [5, 5.41) is 7.42. The van der Waals surface area contributed by atoms with Gasteiger partial charge in [0.15, 0.2) is 0 Å². The first-order chi connectivity index (χ1) is 9.88. The zero-order valence-corrected chi connectivity index (χ0v) is 13.6. The molecule has 0 aromatic carbocycles. The van der Waals surface area contributed by atoms with Gasteiger partial charge >= 0.3 is 0 Å². The predicted molar refractivity (Wildman–Crippen MR) is 86.1 cm³/mol. The second-order valence-corrected chi connectivity index (χ2v) is 4.88. The van der Waals surface area contributed by atoms with Gasteiger partial charge in [-0.05, 0) is 6.92 Å². The Bertz CT molecular complexity index is 365. The van der Waals surface area contributed by atoms with E-state index in [-0.39, 0.29) is 0 Å². The highest BCUT2D eigenvalue weighted by Gasteiger charge is 2.04. The van der Waals surface area contributed by atoms with E-state index in [1.54, 1.807) is 0 Å². The van der Waals surface area contributed by atoms with Gasteiger partial charge in [0, 0.05) is 58.9 Å². The lowest BCUT2D eigenvalue weighted by atomic mass is 10.6. The minimum absolute atomic E-state index is 0.833. The first-order valence-corrected chi connectivity index (χ1v) is 6.94. The summed E-state index contributed by atoms with van der Waals surface area (Å²) in [6.07, 6.45) is 10.2. The maximum atomic E-state index is 9.00. The molecule has 2 aliphatic rings. The molecule has 2 rings (SSSR count). The van der Waals surface area contributed by atoms with Gasteiger partial charge in [0.25, 0.3) is 5.97 Å². The molecule has 1 N–H and O–H groups in total. The highest BCUT2D eigenvalue weighted by Crippen LogP contribution is 2.02. The molecule has 0 spiro atoms. The highest BCUT2D eigenvalue weighted by molar-refractivity contribution is 5.62. The zero-order chi connectivity index (χ0) is 16.3. The van der Waals surface area contributed by atoms with Gasteiger partial charge in [0.05, 0.1) is 13.3 Å². The Labute approximate surface area is 128 Å². The van der Waals surface area contributed by atoms with Crippen LogP contribution in [0.2, 0.25) is 0 Å². The maximum absolute atomic E-state index is 9.00. The monoisotopic (exact) mass is 296 g/mol. The third-order valence-electron chi connectivity index (χ3n) is 2.64. The number of carboxylic acid groups (broad SMARTS) is 1. The molecule has 0 saturated carbocycles. The van der Waals surface area contributed by atoms with Gasteiger partial charge in [-0.3, -0.25) is 4.79 Å². The summed E-state index contributed by atoms with van der Waals surface area (Å²) in [7, 11) is 4.13. The summed E-state index contributed by atoms with van der Waals surface area (Å²) < 4.78 is 0. The van der Waals surface area contributed by atoms with Crippen LogP contribution in [0, 0.1) is 0 Å². The van der Waals surface area contributed by atoms with E-state index in [0.717, 1.165) is 33.4 Å². The lowest BCUT2D eigenvalue weighted by Crippen LogP contribution is -2.21. The van der Waals surface area contributed by atoms with Crippen LogP contribution in [0.3, 0.4) is 0 Å². The van der Waals surface area contributed by atoms with Gasteiger partial charge in [-0.15, -0.1) is 6.58 Å². The highest BCUT2D eigenvalue weighted by atomic mass is 16.4. The lowest BCUT2D eigenvalue weighted by molar-refractivity contribution is -0.134. The number of carboxylic acids is 1. The fourth-order valence-corrected chi connectivity index (χ4v) is 1.67. The molecule has 0 aromatic heterocycles. The average Bonchev–Trinajstić information content (AvgIpc) is 2.99. The third kappa shape index (κ3) is 10.4. The van der Waals surface area contributed by atoms with Crippen LogP contribution in [-0.4, -0.2) is 71.2 Å². The Balaban J connectivity index is 0.000000308. The van der Waals surface area contributed by atoms with Gasteiger partial charge < -0.3 is 24.7 Å². The van der Waals surface area contributed by atoms with E-state index in [1.807, 2.05) is 6.08 Å². The molecule has 0 aliphatic carbocycles. The molecular weight excluding hydrogens is 268 g/mol. The van der Waals surface area contributed by atoms with Gasteiger partial charge in [0.1, 0.15) is 0 Å². The Morgan fingerprint density at radius 1 is 1.14 bits per heavy atom. The summed E-state index contributed by atoms with van der Waals surface area (Å²) in [6.45, 7) is 11.0. The van der Waals surface area contributed by atoms with E-state index in [0.29, 0.717) is 0 Å². The average molecular weight is 296 g/mol. The van der Waals surface area contributed by atoms with Crippen LogP contribution in [0.4, 0.5) is 0 Å². The molecule has 0 bridgehead atoms. The lowest BCUT2D eigenvalue weighted by Gasteiger charge is -2.15. The fourth-order valence-electron chi connectivity index (χ4n) is 1.67. The summed E-state index contributed by atoms with van der Waals surface area (Å²) in [5.41, 5.74) is 0. The van der Waals surface area contributed by atoms with Crippen molar-refractivity contribution in [2.45, 2.75) is 13.8 Å². The van der Waals surface area contributed by atoms with E-state index in [4.69, 9.17) is 9.90 Å². The molecule has 6 heteroatoms. The van der Waals surface area contributed by atoms with Crippen LogP contribution in [-0.2, 0) is 4.79 Å². The number of rotatable bonds is 3. The molecule has 2 aliphatic heterocycles.